The zero-order chi connectivity index (χ0) is 12.1. The standard InChI is InChI=1S/C12H15N3O2/c1-2-16-10-5-3-9(4-6-10)12-14-11(7-8-13)17-15-12/h3-6H,2,7-8,13H2,1H3. The first kappa shape index (κ1) is 11.6. The quantitative estimate of drug-likeness (QED) is 0.849. The highest BCUT2D eigenvalue weighted by Gasteiger charge is 2.07. The van der Waals surface area contributed by atoms with Crippen LogP contribution in [0.4, 0.5) is 0 Å². The lowest BCUT2D eigenvalue weighted by molar-refractivity contribution is 0.340. The van der Waals surface area contributed by atoms with Gasteiger partial charge in [-0.15, -0.1) is 0 Å². The molecule has 1 aromatic heterocycles. The van der Waals surface area contributed by atoms with Crippen LogP contribution in [0, 0.1) is 0 Å². The molecule has 2 aromatic rings. The van der Waals surface area contributed by atoms with Gasteiger partial charge in [0.25, 0.3) is 0 Å². The van der Waals surface area contributed by atoms with Gasteiger partial charge in [0.1, 0.15) is 5.75 Å². The van der Waals surface area contributed by atoms with Gasteiger partial charge in [-0.3, -0.25) is 0 Å². The summed E-state index contributed by atoms with van der Waals surface area (Å²) >= 11 is 0. The monoisotopic (exact) mass is 233 g/mol. The van der Waals surface area contributed by atoms with Gasteiger partial charge in [-0.05, 0) is 31.2 Å². The van der Waals surface area contributed by atoms with Gasteiger partial charge >= 0.3 is 0 Å². The van der Waals surface area contributed by atoms with Crippen LogP contribution in [0.3, 0.4) is 0 Å². The fourth-order valence-corrected chi connectivity index (χ4v) is 1.46. The third-order valence-electron chi connectivity index (χ3n) is 2.25. The van der Waals surface area contributed by atoms with Crippen molar-refractivity contribution in [2.45, 2.75) is 13.3 Å². The van der Waals surface area contributed by atoms with Crippen molar-refractivity contribution >= 4 is 0 Å². The van der Waals surface area contributed by atoms with E-state index in [-0.39, 0.29) is 0 Å². The third-order valence-corrected chi connectivity index (χ3v) is 2.25. The highest BCUT2D eigenvalue weighted by atomic mass is 16.5. The number of benzene rings is 1. The fourth-order valence-electron chi connectivity index (χ4n) is 1.46. The van der Waals surface area contributed by atoms with Crippen LogP contribution in [0.25, 0.3) is 11.4 Å². The van der Waals surface area contributed by atoms with Crippen LogP contribution in [0.1, 0.15) is 12.8 Å². The highest BCUT2D eigenvalue weighted by molar-refractivity contribution is 5.55. The smallest absolute Gasteiger partial charge is 0.228 e. The molecule has 0 atom stereocenters. The Bertz CT molecular complexity index is 465. The van der Waals surface area contributed by atoms with Crippen LogP contribution in [-0.4, -0.2) is 23.3 Å². The molecular weight excluding hydrogens is 218 g/mol. The van der Waals surface area contributed by atoms with Gasteiger partial charge in [-0.2, -0.15) is 4.98 Å². The molecule has 1 heterocycles. The Labute approximate surface area is 99.6 Å². The molecule has 5 nitrogen and oxygen atoms in total. The number of rotatable bonds is 5. The summed E-state index contributed by atoms with van der Waals surface area (Å²) < 4.78 is 10.4. The van der Waals surface area contributed by atoms with Crippen LogP contribution in [0.15, 0.2) is 28.8 Å². The van der Waals surface area contributed by atoms with E-state index in [4.69, 9.17) is 15.0 Å². The second-order valence-electron chi connectivity index (χ2n) is 3.51. The van der Waals surface area contributed by atoms with Crippen molar-refractivity contribution in [3.8, 4) is 17.1 Å². The lowest BCUT2D eigenvalue weighted by Crippen LogP contribution is -2.02. The van der Waals surface area contributed by atoms with Crippen molar-refractivity contribution in [2.24, 2.45) is 5.73 Å². The van der Waals surface area contributed by atoms with Crippen molar-refractivity contribution in [2.75, 3.05) is 13.2 Å². The fraction of sp³-hybridized carbons (Fsp3) is 0.333. The molecule has 0 aliphatic heterocycles. The SMILES string of the molecule is CCOc1ccc(-c2noc(CCN)n2)cc1. The Morgan fingerprint density at radius 3 is 2.71 bits per heavy atom. The molecule has 2 rings (SSSR count). The van der Waals surface area contributed by atoms with E-state index in [1.54, 1.807) is 0 Å². The van der Waals surface area contributed by atoms with Gasteiger partial charge in [0, 0.05) is 18.5 Å². The Balaban J connectivity index is 2.15. The maximum absolute atomic E-state index is 5.42. The summed E-state index contributed by atoms with van der Waals surface area (Å²) in [6.07, 6.45) is 0.601. The number of nitrogens with zero attached hydrogens (tertiary/aromatic N) is 2. The minimum atomic E-state index is 0.505. The van der Waals surface area contributed by atoms with E-state index in [0.29, 0.717) is 31.3 Å². The lowest BCUT2D eigenvalue weighted by atomic mass is 10.2. The molecule has 90 valence electrons. The summed E-state index contributed by atoms with van der Waals surface area (Å²) in [5, 5.41) is 3.90. The molecule has 5 heteroatoms. The molecule has 2 N–H and O–H groups in total. The first-order valence-electron chi connectivity index (χ1n) is 5.59. The van der Waals surface area contributed by atoms with Gasteiger partial charge in [0.05, 0.1) is 6.61 Å². The normalized spacial score (nSPS) is 10.5. The van der Waals surface area contributed by atoms with E-state index < -0.39 is 0 Å². The molecule has 0 amide bonds. The number of nitrogens with two attached hydrogens (primary N) is 1. The predicted molar refractivity (Wildman–Crippen MR) is 63.7 cm³/mol. The zero-order valence-corrected chi connectivity index (χ0v) is 9.72. The summed E-state index contributed by atoms with van der Waals surface area (Å²) in [6.45, 7) is 3.11. The van der Waals surface area contributed by atoms with Gasteiger partial charge in [0.2, 0.25) is 11.7 Å². The van der Waals surface area contributed by atoms with Gasteiger partial charge in [-0.25, -0.2) is 0 Å². The molecule has 0 unspecified atom stereocenters. The maximum atomic E-state index is 5.42. The van der Waals surface area contributed by atoms with E-state index in [1.165, 1.54) is 0 Å². The van der Waals surface area contributed by atoms with Crippen molar-refractivity contribution < 1.29 is 9.26 Å². The largest absolute Gasteiger partial charge is 0.494 e. The number of hydrogen-bond donors (Lipinski definition) is 1. The van der Waals surface area contributed by atoms with Gasteiger partial charge < -0.3 is 15.0 Å². The minimum absolute atomic E-state index is 0.505. The molecule has 0 aliphatic carbocycles. The topological polar surface area (TPSA) is 74.2 Å². The first-order chi connectivity index (χ1) is 8.33. The van der Waals surface area contributed by atoms with Gasteiger partial charge in [0.15, 0.2) is 0 Å². The molecule has 0 saturated heterocycles. The maximum Gasteiger partial charge on any atom is 0.228 e. The summed E-state index contributed by atoms with van der Waals surface area (Å²) in [5.74, 6) is 1.98. The Morgan fingerprint density at radius 1 is 1.29 bits per heavy atom. The minimum Gasteiger partial charge on any atom is -0.494 e. The lowest BCUT2D eigenvalue weighted by Gasteiger charge is -2.02. The van der Waals surface area contributed by atoms with Crippen LogP contribution in [0.5, 0.6) is 5.75 Å². The average molecular weight is 233 g/mol. The molecule has 0 saturated carbocycles. The zero-order valence-electron chi connectivity index (χ0n) is 9.72. The van der Waals surface area contributed by atoms with Crippen molar-refractivity contribution in [3.05, 3.63) is 30.2 Å². The molecule has 0 fully saturated rings. The van der Waals surface area contributed by atoms with E-state index >= 15 is 0 Å². The Morgan fingerprint density at radius 2 is 2.06 bits per heavy atom. The molecule has 0 radical (unpaired) electrons. The van der Waals surface area contributed by atoms with Crippen LogP contribution >= 0.6 is 0 Å². The molecular formula is C12H15N3O2. The van der Waals surface area contributed by atoms with Crippen LogP contribution in [-0.2, 0) is 6.42 Å². The van der Waals surface area contributed by atoms with Gasteiger partial charge in [-0.1, -0.05) is 5.16 Å². The Hall–Kier alpha value is -1.88. The van der Waals surface area contributed by atoms with Crippen LogP contribution < -0.4 is 10.5 Å². The molecule has 0 aliphatic rings. The number of ether oxygens (including phenoxy) is 1. The third kappa shape index (κ3) is 2.82. The first-order valence-corrected chi connectivity index (χ1v) is 5.59. The van der Waals surface area contributed by atoms with E-state index in [1.807, 2.05) is 31.2 Å². The van der Waals surface area contributed by atoms with Crippen molar-refractivity contribution in [3.63, 3.8) is 0 Å². The van der Waals surface area contributed by atoms with Crippen molar-refractivity contribution in [1.82, 2.24) is 10.1 Å². The molecule has 17 heavy (non-hydrogen) atoms. The summed E-state index contributed by atoms with van der Waals surface area (Å²) in [7, 11) is 0. The highest BCUT2D eigenvalue weighted by Crippen LogP contribution is 2.19. The van der Waals surface area contributed by atoms with E-state index in [0.717, 1.165) is 11.3 Å². The summed E-state index contributed by atoms with van der Waals surface area (Å²) in [4.78, 5) is 4.25. The molecule has 0 bridgehead atoms. The second kappa shape index (κ2) is 5.45. The molecule has 0 spiro atoms. The summed E-state index contributed by atoms with van der Waals surface area (Å²) in [5.41, 5.74) is 6.32. The Kier molecular flexibility index (Phi) is 3.72. The number of aromatic nitrogens is 2. The summed E-state index contributed by atoms with van der Waals surface area (Å²) in [6, 6.07) is 7.58. The van der Waals surface area contributed by atoms with Crippen molar-refractivity contribution in [1.29, 1.82) is 0 Å². The molecule has 1 aromatic carbocycles. The van der Waals surface area contributed by atoms with E-state index in [2.05, 4.69) is 10.1 Å². The number of hydrogen-bond acceptors (Lipinski definition) is 5. The second-order valence-corrected chi connectivity index (χ2v) is 3.51. The van der Waals surface area contributed by atoms with E-state index in [9.17, 15) is 0 Å². The predicted octanol–water partition coefficient (Wildman–Crippen LogP) is 1.64. The van der Waals surface area contributed by atoms with Crippen LogP contribution in [0.2, 0.25) is 0 Å². The average Bonchev–Trinajstić information content (AvgIpc) is 2.80.